The molecule has 0 saturated carbocycles. The Morgan fingerprint density at radius 2 is 1.72 bits per heavy atom. The van der Waals surface area contributed by atoms with Crippen molar-refractivity contribution in [3.05, 3.63) is 71.3 Å². The zero-order valence-corrected chi connectivity index (χ0v) is 34.7. The maximum atomic E-state index is 14.4. The van der Waals surface area contributed by atoms with E-state index in [0.717, 1.165) is 16.7 Å². The topological polar surface area (TPSA) is 135 Å². The highest BCUT2D eigenvalue weighted by atomic mass is 28.4. The van der Waals surface area contributed by atoms with Gasteiger partial charge in [-0.3, -0.25) is 24.2 Å². The zero-order valence-electron chi connectivity index (χ0n) is 33.7. The average Bonchev–Trinajstić information content (AvgIpc) is 3.12. The quantitative estimate of drug-likeness (QED) is 0.220. The van der Waals surface area contributed by atoms with Gasteiger partial charge in [-0.2, -0.15) is 0 Å². The third-order valence-electron chi connectivity index (χ3n) is 10.7. The number of hydrogen-bond donors (Lipinski definition) is 3. The molecule has 2 aliphatic heterocycles. The van der Waals surface area contributed by atoms with Gasteiger partial charge < -0.3 is 24.5 Å². The summed E-state index contributed by atoms with van der Waals surface area (Å²) in [7, 11) is -2.15. The molecule has 11 nitrogen and oxygen atoms in total. The van der Waals surface area contributed by atoms with Gasteiger partial charge >= 0.3 is 5.97 Å². The van der Waals surface area contributed by atoms with Gasteiger partial charge in [0, 0.05) is 19.6 Å². The number of carbonyl (C=O) groups excluding carboxylic acids is 4. The molecule has 1 fully saturated rings. The summed E-state index contributed by atoms with van der Waals surface area (Å²) in [6.45, 7) is 19.2. The number of allylic oxidation sites excluding steroid dienone is 1. The Hall–Kier alpha value is -4.00. The smallest absolute Gasteiger partial charge is 0.325 e. The minimum atomic E-state index is -2.15. The molecule has 0 aliphatic carbocycles. The van der Waals surface area contributed by atoms with Gasteiger partial charge in [0.2, 0.25) is 20.1 Å². The molecule has 0 unspecified atom stereocenters. The van der Waals surface area contributed by atoms with E-state index < -0.39 is 50.1 Å². The number of hydrogen-bond acceptors (Lipinski definition) is 8. The number of hydrazine groups is 1. The van der Waals surface area contributed by atoms with Crippen molar-refractivity contribution in [1.82, 2.24) is 21.1 Å². The lowest BCUT2D eigenvalue weighted by molar-refractivity contribution is -0.154. The van der Waals surface area contributed by atoms with E-state index in [1.807, 2.05) is 88.4 Å². The lowest BCUT2D eigenvalue weighted by Crippen LogP contribution is -2.62. The molecule has 2 aromatic rings. The summed E-state index contributed by atoms with van der Waals surface area (Å²) < 4.78 is 18.3. The van der Waals surface area contributed by atoms with Crippen LogP contribution in [0.25, 0.3) is 6.08 Å². The molecular weight excluding hydrogens is 701 g/mol. The highest BCUT2D eigenvalue weighted by Crippen LogP contribution is 2.37. The second-order valence-electron chi connectivity index (χ2n) is 16.4. The highest BCUT2D eigenvalue weighted by Gasteiger charge is 2.40. The molecule has 0 radical (unpaired) electrons. The van der Waals surface area contributed by atoms with E-state index in [1.165, 1.54) is 5.01 Å². The lowest BCUT2D eigenvalue weighted by atomic mass is 9.96. The number of ether oxygens (including phenoxy) is 2. The first-order valence-electron chi connectivity index (χ1n) is 19.5. The molecule has 2 aromatic carbocycles. The SMILES string of the molecule is CCO[C@@H]1CC/C=C/c2cccc(c2)COC(=O)[C@@H]2CCCN(N2)C(=O)[C@H](Cc2cccc(O[Si](C)(C)C(C)(C)C)c2)NC(=O)[C@H](C(C)C)NC(=O)[C@@H]1C. The fourth-order valence-electron chi connectivity index (χ4n) is 6.39. The van der Waals surface area contributed by atoms with Gasteiger partial charge in [-0.1, -0.05) is 84.0 Å². The van der Waals surface area contributed by atoms with Crippen LogP contribution in [0.2, 0.25) is 18.1 Å². The van der Waals surface area contributed by atoms with E-state index in [-0.39, 0.29) is 36.0 Å². The second kappa shape index (κ2) is 19.0. The van der Waals surface area contributed by atoms with E-state index in [1.54, 1.807) is 0 Å². The fourth-order valence-corrected chi connectivity index (χ4v) is 7.41. The predicted octanol–water partition coefficient (Wildman–Crippen LogP) is 6.33. The monoisotopic (exact) mass is 762 g/mol. The fraction of sp³-hybridized carbons (Fsp3) is 0.571. The van der Waals surface area contributed by atoms with Crippen LogP contribution in [-0.4, -0.2) is 74.4 Å². The third-order valence-corrected chi connectivity index (χ3v) is 15.1. The van der Waals surface area contributed by atoms with Gasteiger partial charge in [0.25, 0.3) is 5.91 Å². The zero-order chi connectivity index (χ0) is 39.6. The van der Waals surface area contributed by atoms with Crippen LogP contribution >= 0.6 is 0 Å². The van der Waals surface area contributed by atoms with Gasteiger partial charge in [0.05, 0.1) is 12.0 Å². The van der Waals surface area contributed by atoms with Gasteiger partial charge in [0.1, 0.15) is 30.5 Å². The Morgan fingerprint density at radius 3 is 2.43 bits per heavy atom. The summed E-state index contributed by atoms with van der Waals surface area (Å²) in [4.78, 5) is 55.6. The van der Waals surface area contributed by atoms with Gasteiger partial charge in [-0.25, -0.2) is 5.43 Å². The van der Waals surface area contributed by atoms with Crippen LogP contribution in [0, 0.1) is 11.8 Å². The van der Waals surface area contributed by atoms with E-state index in [0.29, 0.717) is 44.6 Å². The first-order valence-corrected chi connectivity index (χ1v) is 22.4. The highest BCUT2D eigenvalue weighted by molar-refractivity contribution is 6.74. The Labute approximate surface area is 323 Å². The Kier molecular flexibility index (Phi) is 15.1. The first kappa shape index (κ1) is 42.7. The van der Waals surface area contributed by atoms with E-state index in [2.05, 4.69) is 49.9 Å². The summed E-state index contributed by atoms with van der Waals surface area (Å²) in [5, 5.41) is 7.38. The predicted molar refractivity (Wildman–Crippen MR) is 214 cm³/mol. The summed E-state index contributed by atoms with van der Waals surface area (Å²) in [5.41, 5.74) is 5.70. The average molecular weight is 763 g/mol. The number of nitrogens with zero attached hydrogens (tertiary/aromatic N) is 1. The largest absolute Gasteiger partial charge is 0.543 e. The van der Waals surface area contributed by atoms with Crippen molar-refractivity contribution in [3.8, 4) is 5.75 Å². The summed E-state index contributed by atoms with van der Waals surface area (Å²) in [6, 6.07) is 12.8. The molecule has 5 atom stereocenters. The van der Waals surface area contributed by atoms with Crippen molar-refractivity contribution in [1.29, 1.82) is 0 Å². The van der Waals surface area contributed by atoms with E-state index in [9.17, 15) is 19.2 Å². The van der Waals surface area contributed by atoms with Gasteiger partial charge in [-0.15, -0.1) is 0 Å². The molecule has 1 saturated heterocycles. The minimum Gasteiger partial charge on any atom is -0.543 e. The van der Waals surface area contributed by atoms with Crippen LogP contribution in [0.3, 0.4) is 0 Å². The third kappa shape index (κ3) is 11.7. The number of esters is 1. The van der Waals surface area contributed by atoms with Crippen molar-refractivity contribution in [2.75, 3.05) is 13.2 Å². The molecule has 4 rings (SSSR count). The van der Waals surface area contributed by atoms with Crippen molar-refractivity contribution in [3.63, 3.8) is 0 Å². The normalized spacial score (nSPS) is 24.8. The molecule has 3 amide bonds. The Balaban J connectivity index is 1.67. The van der Waals surface area contributed by atoms with Crippen LogP contribution in [-0.2, 0) is 41.7 Å². The van der Waals surface area contributed by atoms with Gasteiger partial charge in [0.15, 0.2) is 0 Å². The molecule has 12 heteroatoms. The molecule has 54 heavy (non-hydrogen) atoms. The van der Waals surface area contributed by atoms with Crippen molar-refractivity contribution in [2.24, 2.45) is 11.8 Å². The van der Waals surface area contributed by atoms with Crippen molar-refractivity contribution >= 4 is 38.1 Å². The molecule has 0 spiro atoms. The molecule has 3 N–H and O–H groups in total. The number of fused-ring (bicyclic) bond motifs is 4. The van der Waals surface area contributed by atoms with Crippen LogP contribution < -0.4 is 20.5 Å². The van der Waals surface area contributed by atoms with Crippen molar-refractivity contribution in [2.45, 2.75) is 130 Å². The molecule has 2 aliphatic rings. The van der Waals surface area contributed by atoms with Crippen LogP contribution in [0.1, 0.15) is 90.8 Å². The van der Waals surface area contributed by atoms with Crippen molar-refractivity contribution < 1.29 is 33.1 Å². The Bertz CT molecular complexity index is 1640. The molecular formula is C42H62N4O7Si. The van der Waals surface area contributed by atoms with E-state index in [4.69, 9.17) is 13.9 Å². The maximum Gasteiger partial charge on any atom is 0.325 e. The molecule has 296 valence electrons. The standard InChI is InChI=1S/C42H62N4O7Si/c1-10-51-36-22-12-11-16-30-17-13-19-32(24-30)27-52-41(50)34-21-15-23-46(45-34)40(49)35(43-39(48)37(28(2)3)44-38(47)29(36)4)26-31-18-14-20-33(25-31)53-54(8,9)42(5,6)7/h11,13-14,16-20,24-25,28-29,34-37,45H,10,12,15,21-23,26-27H2,1-9H3,(H,43,48)(H,44,47)/b16-11+/t29-,34+,35+,36-,37+/m1/s1. The number of carbonyl (C=O) groups is 4. The molecule has 4 bridgehead atoms. The van der Waals surface area contributed by atoms with E-state index >= 15 is 0 Å². The molecule has 0 aromatic heterocycles. The summed E-state index contributed by atoms with van der Waals surface area (Å²) >= 11 is 0. The lowest BCUT2D eigenvalue weighted by Gasteiger charge is -2.36. The van der Waals surface area contributed by atoms with Crippen LogP contribution in [0.15, 0.2) is 54.6 Å². The Morgan fingerprint density at radius 1 is 0.981 bits per heavy atom. The van der Waals surface area contributed by atoms with Crippen LogP contribution in [0.4, 0.5) is 0 Å². The van der Waals surface area contributed by atoms with Crippen LogP contribution in [0.5, 0.6) is 5.75 Å². The summed E-state index contributed by atoms with van der Waals surface area (Å²) in [6.07, 6.45) is 6.19. The first-order chi connectivity index (χ1) is 25.5. The number of benzene rings is 2. The number of cyclic esters (lactones) is 1. The number of nitrogens with one attached hydrogen (secondary N) is 3. The van der Waals surface area contributed by atoms with Gasteiger partial charge in [-0.05, 0) is 91.5 Å². The second-order valence-corrected chi connectivity index (χ2v) is 21.2. The molecule has 2 heterocycles. The number of amides is 3. The summed E-state index contributed by atoms with van der Waals surface area (Å²) in [5.74, 6) is -1.70. The minimum absolute atomic E-state index is 0.0137. The number of rotatable bonds is 7. The maximum absolute atomic E-state index is 14.4.